The van der Waals surface area contributed by atoms with Crippen molar-refractivity contribution in [2.45, 2.75) is 6.92 Å². The fourth-order valence-corrected chi connectivity index (χ4v) is 0.897. The monoisotopic (exact) mass is 171 g/mol. The Morgan fingerprint density at radius 1 is 1.82 bits per heavy atom. The van der Waals surface area contributed by atoms with E-state index in [1.165, 1.54) is 0 Å². The molecule has 0 saturated heterocycles. The van der Waals surface area contributed by atoms with Gasteiger partial charge in [-0.15, -0.1) is 4.68 Å². The van der Waals surface area contributed by atoms with Crippen LogP contribution in [0.15, 0.2) is 12.5 Å². The molecule has 0 radical (unpaired) electrons. The maximum atomic E-state index is 5.27. The summed E-state index contributed by atoms with van der Waals surface area (Å²) in [7, 11) is 1.95. The molecule has 1 rings (SSSR count). The van der Waals surface area contributed by atoms with Crippen LogP contribution in [0.5, 0.6) is 0 Å². The Hall–Kier alpha value is -1.10. The highest BCUT2D eigenvalue weighted by Gasteiger charge is 2.04. The number of thiocarbonyl (C=S) groups is 1. The second-order valence-electron chi connectivity index (χ2n) is 2.38. The maximum Gasteiger partial charge on any atom is 0.267 e. The molecule has 0 amide bonds. The third kappa shape index (κ3) is 1.91. The predicted molar refractivity (Wildman–Crippen MR) is 46.5 cm³/mol. The van der Waals surface area contributed by atoms with Crippen LogP contribution in [0, 0.1) is 6.92 Å². The van der Waals surface area contributed by atoms with Crippen molar-refractivity contribution in [1.82, 2.24) is 4.68 Å². The van der Waals surface area contributed by atoms with Crippen molar-refractivity contribution >= 4 is 17.3 Å². The average Bonchev–Trinajstić information content (AvgIpc) is 2.10. The molecule has 1 heterocycles. The molecule has 0 atom stereocenters. The lowest BCUT2D eigenvalue weighted by Crippen LogP contribution is -2.31. The van der Waals surface area contributed by atoms with Gasteiger partial charge in [0.05, 0.1) is 7.05 Å². The summed E-state index contributed by atoms with van der Waals surface area (Å²) in [4.78, 5) is 0. The van der Waals surface area contributed by atoms with Crippen LogP contribution in [0.3, 0.4) is 0 Å². The lowest BCUT2D eigenvalue weighted by atomic mass is 10.5. The Kier molecular flexibility index (Phi) is 2.09. The van der Waals surface area contributed by atoms with E-state index < -0.39 is 0 Å². The van der Waals surface area contributed by atoms with Crippen LogP contribution in [0.25, 0.3) is 0 Å². The van der Waals surface area contributed by atoms with E-state index >= 15 is 0 Å². The normalized spacial score (nSPS) is 9.64. The summed E-state index contributed by atoms with van der Waals surface area (Å²) in [6.07, 6.45) is 3.76. The van der Waals surface area contributed by atoms with Gasteiger partial charge in [-0.25, -0.2) is 4.57 Å². The lowest BCUT2D eigenvalue weighted by molar-refractivity contribution is -0.676. The van der Waals surface area contributed by atoms with E-state index in [2.05, 4.69) is 17.6 Å². The molecule has 0 aliphatic rings. The fraction of sp³-hybridized carbons (Fsp3) is 0.333. The van der Waals surface area contributed by atoms with Crippen LogP contribution in [0.2, 0.25) is 0 Å². The largest absolute Gasteiger partial charge is 0.374 e. The molecule has 0 spiro atoms. The Balaban J connectivity index is 2.81. The molecular formula is C6H11N4S+. The minimum Gasteiger partial charge on any atom is -0.374 e. The molecule has 4 nitrogen and oxygen atoms in total. The zero-order valence-corrected chi connectivity index (χ0v) is 7.35. The lowest BCUT2D eigenvalue weighted by Gasteiger charge is -1.93. The quantitative estimate of drug-likeness (QED) is 0.438. The summed E-state index contributed by atoms with van der Waals surface area (Å²) >= 11 is 4.67. The van der Waals surface area contributed by atoms with E-state index in [0.717, 1.165) is 5.69 Å². The smallest absolute Gasteiger partial charge is 0.267 e. The summed E-state index contributed by atoms with van der Waals surface area (Å²) < 4.78 is 3.68. The summed E-state index contributed by atoms with van der Waals surface area (Å²) in [5.74, 6) is 0. The maximum absolute atomic E-state index is 5.27. The van der Waals surface area contributed by atoms with Crippen LogP contribution in [0.4, 0.5) is 0 Å². The standard InChI is InChI=1S/C6H10N4S/c1-5-3-10(4-9(5)2)8-6(7)11/h3-4H,1-2H3,(H2-,7,8,11)/p+1. The molecule has 1 aromatic heterocycles. The summed E-state index contributed by atoms with van der Waals surface area (Å²) in [5.41, 5.74) is 9.18. The molecule has 0 aromatic carbocycles. The zero-order chi connectivity index (χ0) is 8.43. The van der Waals surface area contributed by atoms with Gasteiger partial charge in [0.25, 0.3) is 6.33 Å². The molecule has 0 bridgehead atoms. The van der Waals surface area contributed by atoms with Crippen molar-refractivity contribution in [3.63, 3.8) is 0 Å². The number of aryl methyl sites for hydroxylation is 2. The minimum absolute atomic E-state index is 0.264. The van der Waals surface area contributed by atoms with Crippen LogP contribution in [-0.2, 0) is 7.05 Å². The van der Waals surface area contributed by atoms with Crippen molar-refractivity contribution < 1.29 is 4.57 Å². The zero-order valence-electron chi connectivity index (χ0n) is 6.53. The van der Waals surface area contributed by atoms with E-state index in [1.54, 1.807) is 4.68 Å². The highest BCUT2D eigenvalue weighted by molar-refractivity contribution is 7.80. The third-order valence-corrected chi connectivity index (χ3v) is 1.51. The van der Waals surface area contributed by atoms with Crippen LogP contribution >= 0.6 is 12.2 Å². The first-order valence-corrected chi connectivity index (χ1v) is 3.61. The topological polar surface area (TPSA) is 46.9 Å². The molecule has 0 saturated carbocycles. The molecule has 0 aliphatic heterocycles. The molecule has 0 aliphatic carbocycles. The second kappa shape index (κ2) is 2.87. The number of rotatable bonds is 1. The highest BCUT2D eigenvalue weighted by Crippen LogP contribution is 1.86. The summed E-state index contributed by atoms with van der Waals surface area (Å²) in [6, 6.07) is 0. The van der Waals surface area contributed by atoms with Crippen molar-refractivity contribution in [3.8, 4) is 0 Å². The van der Waals surface area contributed by atoms with Gasteiger partial charge in [-0.1, -0.05) is 0 Å². The first-order valence-electron chi connectivity index (χ1n) is 3.20. The third-order valence-electron chi connectivity index (χ3n) is 1.42. The van der Waals surface area contributed by atoms with Gasteiger partial charge in [-0.2, -0.15) is 5.43 Å². The van der Waals surface area contributed by atoms with Crippen molar-refractivity contribution in [1.29, 1.82) is 0 Å². The van der Waals surface area contributed by atoms with Gasteiger partial charge >= 0.3 is 0 Å². The van der Waals surface area contributed by atoms with Gasteiger partial charge in [-0.05, 0) is 12.2 Å². The van der Waals surface area contributed by atoms with Gasteiger partial charge in [0.15, 0.2) is 11.3 Å². The second-order valence-corrected chi connectivity index (χ2v) is 2.82. The number of aromatic nitrogens is 2. The average molecular weight is 171 g/mol. The van der Waals surface area contributed by atoms with E-state index in [1.807, 2.05) is 31.1 Å². The van der Waals surface area contributed by atoms with Crippen LogP contribution in [-0.4, -0.2) is 9.79 Å². The van der Waals surface area contributed by atoms with Crippen LogP contribution in [0.1, 0.15) is 5.69 Å². The van der Waals surface area contributed by atoms with Crippen LogP contribution < -0.4 is 15.7 Å². The number of nitrogens with one attached hydrogen (secondary N) is 1. The molecule has 5 heteroatoms. The number of hydrogen-bond acceptors (Lipinski definition) is 1. The van der Waals surface area contributed by atoms with E-state index in [4.69, 9.17) is 5.73 Å². The minimum atomic E-state index is 0.264. The SMILES string of the molecule is Cc1cn(NC(N)=S)c[n+]1C. The van der Waals surface area contributed by atoms with E-state index in [-0.39, 0.29) is 5.11 Å². The van der Waals surface area contributed by atoms with Crippen molar-refractivity contribution in [2.75, 3.05) is 5.43 Å². The summed E-state index contributed by atoms with van der Waals surface area (Å²) in [6.45, 7) is 2.00. The first-order chi connectivity index (χ1) is 5.09. The molecule has 0 unspecified atom stereocenters. The van der Waals surface area contributed by atoms with Gasteiger partial charge in [0.1, 0.15) is 5.69 Å². The van der Waals surface area contributed by atoms with Crippen molar-refractivity contribution in [2.24, 2.45) is 12.8 Å². The number of hydrogen-bond donors (Lipinski definition) is 2. The molecule has 1 aromatic rings. The molecule has 60 valence electrons. The van der Waals surface area contributed by atoms with Gasteiger partial charge in [0.2, 0.25) is 0 Å². The van der Waals surface area contributed by atoms with E-state index in [0.29, 0.717) is 0 Å². The molecule has 3 N–H and O–H groups in total. The Morgan fingerprint density at radius 2 is 2.45 bits per heavy atom. The Labute approximate surface area is 70.6 Å². The molecular weight excluding hydrogens is 160 g/mol. The first kappa shape index (κ1) is 8.00. The Morgan fingerprint density at radius 3 is 2.82 bits per heavy atom. The molecule has 0 fully saturated rings. The highest BCUT2D eigenvalue weighted by atomic mass is 32.1. The summed E-state index contributed by atoms with van der Waals surface area (Å²) in [5, 5.41) is 0.264. The number of nitrogens with two attached hydrogens (primary N) is 1. The van der Waals surface area contributed by atoms with Crippen molar-refractivity contribution in [3.05, 3.63) is 18.2 Å². The Bertz CT molecular complexity index is 259. The van der Waals surface area contributed by atoms with Gasteiger partial charge in [0, 0.05) is 6.92 Å². The molecule has 11 heavy (non-hydrogen) atoms. The predicted octanol–water partition coefficient (Wildman–Crippen LogP) is -0.592. The van der Waals surface area contributed by atoms with Gasteiger partial charge < -0.3 is 5.73 Å². The fourth-order valence-electron chi connectivity index (χ4n) is 0.792. The number of imidazole rings is 1. The van der Waals surface area contributed by atoms with E-state index in [9.17, 15) is 0 Å². The number of nitrogens with zero attached hydrogens (tertiary/aromatic N) is 2. The van der Waals surface area contributed by atoms with Gasteiger partial charge in [-0.3, -0.25) is 0 Å².